The fraction of sp³-hybridized carbons (Fsp3) is 0.640. The van der Waals surface area contributed by atoms with Gasteiger partial charge in [-0.25, -0.2) is 0 Å². The highest BCUT2D eigenvalue weighted by atomic mass is 16.5. The Morgan fingerprint density at radius 3 is 2.27 bits per heavy atom. The molecule has 1 saturated carbocycles. The molecule has 3 rings (SSSR count). The number of hydrogen-bond acceptors (Lipinski definition) is 5. The standard InChI is InChI=1S/C25H37N3O5/c1-3-32-21-11-10-19(16-22(21)33-4-2)24(30)26-17-23(29)27-20-12-14-28(15-13-20)25(31)18-8-6-5-7-9-18/h10-11,16,18,20H,3-9,12-15,17H2,1-2H3,(H,26,30)(H,27,29). The molecule has 0 atom stereocenters. The summed E-state index contributed by atoms with van der Waals surface area (Å²) in [5, 5.41) is 5.65. The lowest BCUT2D eigenvalue weighted by Crippen LogP contribution is -2.49. The summed E-state index contributed by atoms with van der Waals surface area (Å²) in [6, 6.07) is 5.01. The molecule has 2 fully saturated rings. The van der Waals surface area contributed by atoms with Crippen LogP contribution in [0.1, 0.15) is 69.2 Å². The summed E-state index contributed by atoms with van der Waals surface area (Å²) < 4.78 is 11.1. The molecule has 0 unspecified atom stereocenters. The van der Waals surface area contributed by atoms with Crippen LogP contribution < -0.4 is 20.1 Å². The Labute approximate surface area is 196 Å². The lowest BCUT2D eigenvalue weighted by Gasteiger charge is -2.35. The van der Waals surface area contributed by atoms with Crippen molar-refractivity contribution in [3.63, 3.8) is 0 Å². The van der Waals surface area contributed by atoms with Crippen molar-refractivity contribution in [2.75, 3.05) is 32.8 Å². The van der Waals surface area contributed by atoms with E-state index in [2.05, 4.69) is 10.6 Å². The van der Waals surface area contributed by atoms with E-state index < -0.39 is 0 Å². The van der Waals surface area contributed by atoms with Crippen LogP contribution in [0, 0.1) is 5.92 Å². The first-order valence-electron chi connectivity index (χ1n) is 12.3. The van der Waals surface area contributed by atoms with Crippen molar-refractivity contribution in [3.05, 3.63) is 23.8 Å². The van der Waals surface area contributed by atoms with E-state index in [9.17, 15) is 14.4 Å². The van der Waals surface area contributed by atoms with Crippen LogP contribution in [0.25, 0.3) is 0 Å². The molecule has 1 aliphatic heterocycles. The molecule has 1 aromatic carbocycles. The van der Waals surface area contributed by atoms with Gasteiger partial charge in [-0.05, 0) is 57.7 Å². The van der Waals surface area contributed by atoms with Crippen molar-refractivity contribution in [2.24, 2.45) is 5.92 Å². The molecule has 3 amide bonds. The average molecular weight is 460 g/mol. The number of nitrogens with one attached hydrogen (secondary N) is 2. The zero-order chi connectivity index (χ0) is 23.6. The minimum atomic E-state index is -0.345. The highest BCUT2D eigenvalue weighted by molar-refractivity contribution is 5.97. The second-order valence-electron chi connectivity index (χ2n) is 8.71. The monoisotopic (exact) mass is 459 g/mol. The first-order valence-corrected chi connectivity index (χ1v) is 12.3. The Morgan fingerprint density at radius 1 is 0.939 bits per heavy atom. The largest absolute Gasteiger partial charge is 0.490 e. The fourth-order valence-corrected chi connectivity index (χ4v) is 4.59. The van der Waals surface area contributed by atoms with Crippen LogP contribution in [-0.2, 0) is 9.59 Å². The molecule has 182 valence electrons. The Bertz CT molecular complexity index is 814. The van der Waals surface area contributed by atoms with Crippen LogP contribution in [0.4, 0.5) is 0 Å². The molecule has 0 bridgehead atoms. The number of likely N-dealkylation sites (tertiary alicyclic amines) is 1. The molecule has 0 radical (unpaired) electrons. The van der Waals surface area contributed by atoms with Gasteiger partial charge in [-0.2, -0.15) is 0 Å². The molecule has 33 heavy (non-hydrogen) atoms. The van der Waals surface area contributed by atoms with Gasteiger partial charge in [0.15, 0.2) is 11.5 Å². The van der Waals surface area contributed by atoms with Gasteiger partial charge in [-0.1, -0.05) is 19.3 Å². The summed E-state index contributed by atoms with van der Waals surface area (Å²) in [5.74, 6) is 0.992. The number of nitrogens with zero attached hydrogens (tertiary/aromatic N) is 1. The third-order valence-corrected chi connectivity index (χ3v) is 6.34. The van der Waals surface area contributed by atoms with Gasteiger partial charge in [0.2, 0.25) is 11.8 Å². The van der Waals surface area contributed by atoms with Crippen molar-refractivity contribution < 1.29 is 23.9 Å². The number of rotatable bonds is 9. The van der Waals surface area contributed by atoms with E-state index in [0.717, 1.165) is 38.5 Å². The third kappa shape index (κ3) is 7.11. The maximum Gasteiger partial charge on any atom is 0.251 e. The van der Waals surface area contributed by atoms with Gasteiger partial charge in [0.25, 0.3) is 5.91 Å². The van der Waals surface area contributed by atoms with E-state index in [4.69, 9.17) is 9.47 Å². The third-order valence-electron chi connectivity index (χ3n) is 6.34. The molecule has 1 aromatic rings. The summed E-state index contributed by atoms with van der Waals surface area (Å²) in [6.45, 7) is 5.96. The van der Waals surface area contributed by atoms with Gasteiger partial charge < -0.3 is 25.0 Å². The molecule has 8 heteroatoms. The Balaban J connectivity index is 1.42. The van der Waals surface area contributed by atoms with Gasteiger partial charge in [0.1, 0.15) is 0 Å². The molecule has 0 aromatic heterocycles. The number of carbonyl (C=O) groups is 3. The lowest BCUT2D eigenvalue weighted by molar-refractivity contribution is -0.137. The van der Waals surface area contributed by atoms with E-state index in [0.29, 0.717) is 43.4 Å². The van der Waals surface area contributed by atoms with E-state index in [1.54, 1.807) is 18.2 Å². The van der Waals surface area contributed by atoms with Crippen LogP contribution in [0.5, 0.6) is 11.5 Å². The lowest BCUT2D eigenvalue weighted by atomic mass is 9.87. The highest BCUT2D eigenvalue weighted by Crippen LogP contribution is 2.29. The van der Waals surface area contributed by atoms with Crippen LogP contribution in [0.2, 0.25) is 0 Å². The molecule has 1 aliphatic carbocycles. The Hall–Kier alpha value is -2.77. The second kappa shape index (κ2) is 12.5. The van der Waals surface area contributed by atoms with E-state index in [-0.39, 0.29) is 36.2 Å². The molecule has 0 spiro atoms. The van der Waals surface area contributed by atoms with E-state index >= 15 is 0 Å². The molecule has 1 heterocycles. The number of piperidine rings is 1. The highest BCUT2D eigenvalue weighted by Gasteiger charge is 2.29. The van der Waals surface area contributed by atoms with E-state index in [1.807, 2.05) is 18.7 Å². The molecular formula is C25H37N3O5. The van der Waals surface area contributed by atoms with Gasteiger partial charge >= 0.3 is 0 Å². The summed E-state index contributed by atoms with van der Waals surface area (Å²) >= 11 is 0. The zero-order valence-electron chi connectivity index (χ0n) is 19.9. The molecule has 8 nitrogen and oxygen atoms in total. The number of ether oxygens (including phenoxy) is 2. The maximum atomic E-state index is 12.7. The number of carbonyl (C=O) groups excluding carboxylic acids is 3. The van der Waals surface area contributed by atoms with Crippen LogP contribution >= 0.6 is 0 Å². The molecule has 1 saturated heterocycles. The van der Waals surface area contributed by atoms with Crippen LogP contribution in [-0.4, -0.2) is 61.5 Å². The summed E-state index contributed by atoms with van der Waals surface area (Å²) in [7, 11) is 0. The maximum absolute atomic E-state index is 12.7. The van der Waals surface area contributed by atoms with Crippen molar-refractivity contribution in [1.29, 1.82) is 0 Å². The summed E-state index contributed by atoms with van der Waals surface area (Å²) in [5.41, 5.74) is 0.407. The SMILES string of the molecule is CCOc1ccc(C(=O)NCC(=O)NC2CCN(C(=O)C3CCCCC3)CC2)cc1OCC. The number of amides is 3. The van der Waals surface area contributed by atoms with Gasteiger partial charge in [0.05, 0.1) is 19.8 Å². The van der Waals surface area contributed by atoms with Crippen LogP contribution in [0.15, 0.2) is 18.2 Å². The minimum absolute atomic E-state index is 0.0276. The summed E-state index contributed by atoms with van der Waals surface area (Å²) in [4.78, 5) is 39.5. The molecule has 2 aliphatic rings. The molecular weight excluding hydrogens is 422 g/mol. The smallest absolute Gasteiger partial charge is 0.251 e. The Morgan fingerprint density at radius 2 is 1.61 bits per heavy atom. The number of hydrogen-bond donors (Lipinski definition) is 2. The predicted molar refractivity (Wildman–Crippen MR) is 125 cm³/mol. The topological polar surface area (TPSA) is 97.0 Å². The van der Waals surface area contributed by atoms with Crippen molar-refractivity contribution >= 4 is 17.7 Å². The quantitative estimate of drug-likeness (QED) is 0.592. The normalized spacial score (nSPS) is 17.3. The molecule has 2 N–H and O–H groups in total. The zero-order valence-corrected chi connectivity index (χ0v) is 19.9. The van der Waals surface area contributed by atoms with Gasteiger partial charge in [-0.15, -0.1) is 0 Å². The number of benzene rings is 1. The average Bonchev–Trinajstić information content (AvgIpc) is 2.84. The van der Waals surface area contributed by atoms with Crippen LogP contribution in [0.3, 0.4) is 0 Å². The van der Waals surface area contributed by atoms with Crippen molar-refractivity contribution in [2.45, 2.75) is 64.8 Å². The predicted octanol–water partition coefficient (Wildman–Crippen LogP) is 2.90. The van der Waals surface area contributed by atoms with E-state index in [1.165, 1.54) is 6.42 Å². The van der Waals surface area contributed by atoms with Crippen molar-refractivity contribution in [3.8, 4) is 11.5 Å². The fourth-order valence-electron chi connectivity index (χ4n) is 4.59. The van der Waals surface area contributed by atoms with Gasteiger partial charge in [0, 0.05) is 30.6 Å². The first kappa shape index (κ1) is 24.9. The minimum Gasteiger partial charge on any atom is -0.490 e. The Kier molecular flexibility index (Phi) is 9.39. The van der Waals surface area contributed by atoms with Gasteiger partial charge in [-0.3, -0.25) is 14.4 Å². The summed E-state index contributed by atoms with van der Waals surface area (Å²) in [6.07, 6.45) is 7.05. The second-order valence-corrected chi connectivity index (χ2v) is 8.71. The van der Waals surface area contributed by atoms with Crippen molar-refractivity contribution in [1.82, 2.24) is 15.5 Å². The first-order chi connectivity index (χ1) is 16.0.